The molecule has 1 N–H and O–H groups in total. The Labute approximate surface area is 81.2 Å². The van der Waals surface area contributed by atoms with Crippen LogP contribution in [0, 0.1) is 0 Å². The minimum absolute atomic E-state index is 0.378. The van der Waals surface area contributed by atoms with Crippen LogP contribution in [0.4, 0.5) is 0 Å². The van der Waals surface area contributed by atoms with Gasteiger partial charge in [-0.1, -0.05) is 0 Å². The lowest BCUT2D eigenvalue weighted by molar-refractivity contribution is 0.355. The van der Waals surface area contributed by atoms with Gasteiger partial charge in [0.05, 0.1) is 5.69 Å². The normalized spacial score (nSPS) is 11.8. The molecule has 0 amide bonds. The third-order valence-corrected chi connectivity index (χ3v) is 1.57. The highest BCUT2D eigenvalue weighted by molar-refractivity contribution is 7.81. The first-order chi connectivity index (χ1) is 6.58. The summed E-state index contributed by atoms with van der Waals surface area (Å²) in [6.45, 7) is 0. The molecule has 1 heterocycles. The molecule has 6 nitrogen and oxygen atoms in total. The predicted octanol–water partition coefficient (Wildman–Crippen LogP) is 0.352. The van der Waals surface area contributed by atoms with Gasteiger partial charge in [0.2, 0.25) is 0 Å². The number of rotatable bonds is 4. The van der Waals surface area contributed by atoms with Gasteiger partial charge in [0.1, 0.15) is 6.26 Å². The van der Waals surface area contributed by atoms with E-state index < -0.39 is 10.4 Å². The van der Waals surface area contributed by atoms with Gasteiger partial charge in [-0.3, -0.25) is 14.5 Å². The number of hydrogen-bond acceptors (Lipinski definition) is 5. The fraction of sp³-hybridized carbons (Fsp3) is 0.143. The maximum atomic E-state index is 10.1. The minimum Gasteiger partial charge on any atom is -0.370 e. The molecule has 0 bridgehead atoms. The lowest BCUT2D eigenvalue weighted by Crippen LogP contribution is -1.97. The number of hydrogen-bond donors (Lipinski definition) is 1. The van der Waals surface area contributed by atoms with Crippen LogP contribution in [0.2, 0.25) is 0 Å². The van der Waals surface area contributed by atoms with Gasteiger partial charge in [-0.15, -0.1) is 0 Å². The maximum absolute atomic E-state index is 10.1. The van der Waals surface area contributed by atoms with Crippen molar-refractivity contribution in [2.75, 3.05) is 0 Å². The molecular formula is C7H8N2O4S. The van der Waals surface area contributed by atoms with Crippen molar-refractivity contribution < 1.29 is 17.2 Å². The van der Waals surface area contributed by atoms with Gasteiger partial charge in [-0.05, 0) is 6.08 Å². The van der Waals surface area contributed by atoms with E-state index in [1.54, 1.807) is 0 Å². The van der Waals surface area contributed by atoms with Crippen LogP contribution >= 0.6 is 0 Å². The van der Waals surface area contributed by atoms with Crippen LogP contribution in [0.5, 0.6) is 0 Å². The summed E-state index contributed by atoms with van der Waals surface area (Å²) < 4.78 is 32.3. The fourth-order valence-electron chi connectivity index (χ4n) is 0.714. The minimum atomic E-state index is -4.40. The van der Waals surface area contributed by atoms with Gasteiger partial charge < -0.3 is 4.18 Å². The molecule has 0 aliphatic carbocycles. The van der Waals surface area contributed by atoms with E-state index in [0.717, 1.165) is 6.26 Å². The summed E-state index contributed by atoms with van der Waals surface area (Å²) in [5, 5.41) is 0. The summed E-state index contributed by atoms with van der Waals surface area (Å²) in [5.41, 5.74) is 0.669. The first kappa shape index (κ1) is 10.6. The highest BCUT2D eigenvalue weighted by Crippen LogP contribution is 1.94. The molecule has 1 aromatic rings. The molecule has 76 valence electrons. The zero-order chi connectivity index (χ0) is 10.4. The zero-order valence-corrected chi connectivity index (χ0v) is 7.88. The average molecular weight is 216 g/mol. The zero-order valence-electron chi connectivity index (χ0n) is 7.07. The summed E-state index contributed by atoms with van der Waals surface area (Å²) >= 11 is 0. The Kier molecular flexibility index (Phi) is 3.55. The predicted molar refractivity (Wildman–Crippen MR) is 47.5 cm³/mol. The van der Waals surface area contributed by atoms with Gasteiger partial charge in [0, 0.05) is 25.0 Å². The van der Waals surface area contributed by atoms with E-state index in [1.165, 1.54) is 24.7 Å². The van der Waals surface area contributed by atoms with Crippen LogP contribution in [0.15, 0.2) is 30.9 Å². The van der Waals surface area contributed by atoms with Gasteiger partial charge in [-0.25, -0.2) is 0 Å². The summed E-state index contributed by atoms with van der Waals surface area (Å²) in [7, 11) is -4.40. The number of aromatic nitrogens is 2. The quantitative estimate of drug-likeness (QED) is 0.577. The van der Waals surface area contributed by atoms with Crippen molar-refractivity contribution in [3.05, 3.63) is 36.6 Å². The van der Waals surface area contributed by atoms with Crippen molar-refractivity contribution in [1.82, 2.24) is 9.97 Å². The summed E-state index contributed by atoms with van der Waals surface area (Å²) in [6.07, 6.45) is 7.25. The van der Waals surface area contributed by atoms with Crippen LogP contribution in [-0.2, 0) is 21.0 Å². The Balaban J connectivity index is 2.42. The molecule has 1 aromatic heterocycles. The van der Waals surface area contributed by atoms with Gasteiger partial charge in [0.25, 0.3) is 0 Å². The molecule has 0 saturated carbocycles. The van der Waals surface area contributed by atoms with E-state index in [-0.39, 0.29) is 0 Å². The molecule has 0 saturated heterocycles. The molecule has 0 aliphatic heterocycles. The smallest absolute Gasteiger partial charge is 0.370 e. The molecule has 0 unspecified atom stereocenters. The van der Waals surface area contributed by atoms with E-state index in [4.69, 9.17) is 4.55 Å². The lowest BCUT2D eigenvalue weighted by Gasteiger charge is -1.93. The van der Waals surface area contributed by atoms with Crippen molar-refractivity contribution in [2.45, 2.75) is 6.42 Å². The van der Waals surface area contributed by atoms with Crippen LogP contribution in [0.3, 0.4) is 0 Å². The second-order valence-corrected chi connectivity index (χ2v) is 3.34. The summed E-state index contributed by atoms with van der Waals surface area (Å²) in [5.74, 6) is 0. The maximum Gasteiger partial charge on any atom is 0.445 e. The molecule has 0 spiro atoms. The van der Waals surface area contributed by atoms with Crippen LogP contribution in [0.25, 0.3) is 0 Å². The third kappa shape index (κ3) is 4.53. The highest BCUT2D eigenvalue weighted by atomic mass is 32.3. The second-order valence-electron chi connectivity index (χ2n) is 2.30. The van der Waals surface area contributed by atoms with Gasteiger partial charge in [0.15, 0.2) is 0 Å². The Morgan fingerprint density at radius 1 is 1.50 bits per heavy atom. The molecule has 0 atom stereocenters. The molecule has 0 aromatic carbocycles. The summed E-state index contributed by atoms with van der Waals surface area (Å²) in [4.78, 5) is 7.74. The summed E-state index contributed by atoms with van der Waals surface area (Å²) in [6, 6.07) is 0. The highest BCUT2D eigenvalue weighted by Gasteiger charge is 1.98. The molecule has 1 rings (SSSR count). The first-order valence-electron chi connectivity index (χ1n) is 3.63. The van der Waals surface area contributed by atoms with Crippen molar-refractivity contribution in [3.8, 4) is 0 Å². The van der Waals surface area contributed by atoms with E-state index in [1.807, 2.05) is 0 Å². The third-order valence-electron chi connectivity index (χ3n) is 1.22. The van der Waals surface area contributed by atoms with E-state index in [9.17, 15) is 8.42 Å². The SMILES string of the molecule is O=S(=O)(O)OC=CCc1cnccn1. The molecule has 0 aliphatic rings. The average Bonchev–Trinajstić information content (AvgIpc) is 2.13. The van der Waals surface area contributed by atoms with Crippen LogP contribution < -0.4 is 0 Å². The van der Waals surface area contributed by atoms with E-state index in [0.29, 0.717) is 12.1 Å². The Bertz CT molecular complexity index is 401. The van der Waals surface area contributed by atoms with Gasteiger partial charge >= 0.3 is 10.4 Å². The molecule has 7 heteroatoms. The van der Waals surface area contributed by atoms with E-state index >= 15 is 0 Å². The number of allylic oxidation sites excluding steroid dienone is 1. The van der Waals surface area contributed by atoms with Gasteiger partial charge in [-0.2, -0.15) is 8.42 Å². The van der Waals surface area contributed by atoms with Crippen molar-refractivity contribution in [1.29, 1.82) is 0 Å². The number of nitrogens with zero attached hydrogens (tertiary/aromatic N) is 2. The largest absolute Gasteiger partial charge is 0.445 e. The fourth-order valence-corrected chi connectivity index (χ4v) is 0.933. The monoisotopic (exact) mass is 216 g/mol. The standard InChI is InChI=1S/C7H8N2O4S/c10-14(11,12)13-5-1-2-7-6-8-3-4-9-7/h1,3-6H,2H2,(H,10,11,12). The van der Waals surface area contributed by atoms with Crippen LogP contribution in [0.1, 0.15) is 5.69 Å². The van der Waals surface area contributed by atoms with Crippen molar-refractivity contribution >= 4 is 10.4 Å². The van der Waals surface area contributed by atoms with Crippen molar-refractivity contribution in [3.63, 3.8) is 0 Å². The molecular weight excluding hydrogens is 208 g/mol. The van der Waals surface area contributed by atoms with E-state index in [2.05, 4.69) is 14.2 Å². The molecule has 0 fully saturated rings. The Hall–Kier alpha value is -1.47. The van der Waals surface area contributed by atoms with Crippen LogP contribution in [-0.4, -0.2) is 22.9 Å². The second kappa shape index (κ2) is 4.68. The lowest BCUT2D eigenvalue weighted by atomic mass is 10.3. The topological polar surface area (TPSA) is 89.4 Å². The molecule has 0 radical (unpaired) electrons. The van der Waals surface area contributed by atoms with Crippen molar-refractivity contribution in [2.24, 2.45) is 0 Å². The Morgan fingerprint density at radius 2 is 2.29 bits per heavy atom. The first-order valence-corrected chi connectivity index (χ1v) is 5.00. The Morgan fingerprint density at radius 3 is 2.86 bits per heavy atom. The molecule has 14 heavy (non-hydrogen) atoms.